The second kappa shape index (κ2) is 14.5. The lowest BCUT2D eigenvalue weighted by Gasteiger charge is -2.36. The van der Waals surface area contributed by atoms with Gasteiger partial charge in [0.1, 0.15) is 0 Å². The smallest absolute Gasteiger partial charge is 0.251 e. The molecule has 6 nitrogen and oxygen atoms in total. The van der Waals surface area contributed by atoms with Crippen LogP contribution < -0.4 is 5.32 Å². The molecule has 0 radical (unpaired) electrons. The third kappa shape index (κ3) is 7.62. The minimum absolute atomic E-state index is 0.00820. The number of hydrogen-bond acceptors (Lipinski definition) is 6. The first-order valence-electron chi connectivity index (χ1n) is 14.7. The Morgan fingerprint density at radius 1 is 0.795 bits per heavy atom. The molecular weight excluding hydrogens is 568 g/mol. The van der Waals surface area contributed by atoms with Crippen molar-refractivity contribution in [2.45, 2.75) is 43.1 Å². The molecule has 1 aliphatic heterocycles. The van der Waals surface area contributed by atoms with Crippen molar-refractivity contribution in [3.63, 3.8) is 0 Å². The van der Waals surface area contributed by atoms with E-state index >= 15 is 0 Å². The summed E-state index contributed by atoms with van der Waals surface area (Å²) in [5.74, 6) is 0.652. The average Bonchev–Trinajstić information content (AvgIpc) is 3.10. The SMILES string of the molecule is O=C(NCc1cccc(-c2cccc([C@H]3O[C@@H](CSc4ccccn4)C[C@@H](c4ccc(CO)cc4)O3)c2)c1)c1ccccc1. The molecule has 0 aliphatic carbocycles. The van der Waals surface area contributed by atoms with E-state index < -0.39 is 6.29 Å². The molecule has 1 aliphatic rings. The van der Waals surface area contributed by atoms with Crippen molar-refractivity contribution < 1.29 is 19.4 Å². The number of nitrogens with zero attached hydrogens (tertiary/aromatic N) is 1. The fraction of sp³-hybridized carbons (Fsp3) is 0.189. The normalized spacial score (nSPS) is 18.1. The van der Waals surface area contributed by atoms with Crippen LogP contribution in [-0.2, 0) is 22.6 Å². The van der Waals surface area contributed by atoms with Gasteiger partial charge in [0, 0.05) is 36.0 Å². The minimum atomic E-state index is -0.547. The molecule has 1 saturated heterocycles. The van der Waals surface area contributed by atoms with Gasteiger partial charge in [-0.2, -0.15) is 0 Å². The van der Waals surface area contributed by atoms with Crippen LogP contribution in [0.4, 0.5) is 0 Å². The van der Waals surface area contributed by atoms with Gasteiger partial charge in [-0.1, -0.05) is 84.9 Å². The third-order valence-electron chi connectivity index (χ3n) is 7.58. The van der Waals surface area contributed by atoms with Crippen LogP contribution in [-0.4, -0.2) is 27.9 Å². The molecule has 5 aromatic rings. The number of thioether (sulfide) groups is 1. The van der Waals surface area contributed by atoms with Crippen LogP contribution in [0, 0.1) is 0 Å². The Hall–Kier alpha value is -4.27. The number of nitrogens with one attached hydrogen (secondary N) is 1. The van der Waals surface area contributed by atoms with Crippen LogP contribution >= 0.6 is 11.8 Å². The van der Waals surface area contributed by atoms with E-state index in [2.05, 4.69) is 34.6 Å². The van der Waals surface area contributed by atoms with Gasteiger partial charge in [0.15, 0.2) is 6.29 Å². The summed E-state index contributed by atoms with van der Waals surface area (Å²) in [6, 6.07) is 39.6. The number of pyridine rings is 1. The number of carbonyl (C=O) groups is 1. The Kier molecular flexibility index (Phi) is 9.79. The number of carbonyl (C=O) groups excluding carboxylic acids is 1. The Balaban J connectivity index is 1.20. The molecule has 1 aromatic heterocycles. The molecule has 3 atom stereocenters. The Bertz CT molecular complexity index is 1660. The molecule has 2 N–H and O–H groups in total. The number of ether oxygens (including phenoxy) is 2. The Morgan fingerprint density at radius 2 is 1.57 bits per heavy atom. The molecule has 0 unspecified atom stereocenters. The largest absolute Gasteiger partial charge is 0.392 e. The first kappa shape index (κ1) is 29.8. The lowest BCUT2D eigenvalue weighted by Crippen LogP contribution is -2.31. The maximum Gasteiger partial charge on any atom is 0.251 e. The summed E-state index contributed by atoms with van der Waals surface area (Å²) < 4.78 is 13.1. The highest BCUT2D eigenvalue weighted by molar-refractivity contribution is 7.99. The standard InChI is InChI=1S/C37H34N2O4S/c40-24-26-15-17-28(18-16-26)34-22-33(25-44-35-14-4-5-19-38-35)42-37(43-34)32-13-7-12-31(21-32)30-11-6-8-27(20-30)23-39-36(41)29-9-2-1-3-10-29/h1-21,33-34,37,40H,22-25H2,(H,39,41)/t33-,34+,37+/m1/s1. The number of aliphatic hydroxyl groups is 1. The zero-order chi connectivity index (χ0) is 30.1. The highest BCUT2D eigenvalue weighted by Gasteiger charge is 2.32. The topological polar surface area (TPSA) is 80.7 Å². The second-order valence-electron chi connectivity index (χ2n) is 10.7. The molecule has 4 aromatic carbocycles. The molecule has 0 saturated carbocycles. The fourth-order valence-electron chi connectivity index (χ4n) is 5.23. The fourth-order valence-corrected chi connectivity index (χ4v) is 6.11. The highest BCUT2D eigenvalue weighted by Crippen LogP contribution is 2.40. The van der Waals surface area contributed by atoms with Gasteiger partial charge < -0.3 is 19.9 Å². The predicted molar refractivity (Wildman–Crippen MR) is 173 cm³/mol. The molecule has 2 heterocycles. The summed E-state index contributed by atoms with van der Waals surface area (Å²) in [7, 11) is 0. The molecular formula is C37H34N2O4S. The van der Waals surface area contributed by atoms with E-state index in [1.165, 1.54) is 0 Å². The number of benzene rings is 4. The minimum Gasteiger partial charge on any atom is -0.392 e. The zero-order valence-electron chi connectivity index (χ0n) is 24.2. The second-order valence-corrected chi connectivity index (χ2v) is 11.7. The number of rotatable bonds is 10. The summed E-state index contributed by atoms with van der Waals surface area (Å²) in [6.45, 7) is 0.441. The average molecular weight is 603 g/mol. The molecule has 6 rings (SSSR count). The third-order valence-corrected chi connectivity index (χ3v) is 8.65. The van der Waals surface area contributed by atoms with Gasteiger partial charge in [0.25, 0.3) is 5.91 Å². The number of aliphatic hydroxyl groups excluding tert-OH is 1. The highest BCUT2D eigenvalue weighted by atomic mass is 32.2. The van der Waals surface area contributed by atoms with Crippen molar-refractivity contribution in [3.8, 4) is 11.1 Å². The van der Waals surface area contributed by atoms with Crippen molar-refractivity contribution in [1.82, 2.24) is 10.3 Å². The summed E-state index contributed by atoms with van der Waals surface area (Å²) >= 11 is 1.68. The van der Waals surface area contributed by atoms with Crippen molar-refractivity contribution in [3.05, 3.63) is 155 Å². The number of amides is 1. The first-order chi connectivity index (χ1) is 21.6. The predicted octanol–water partition coefficient (Wildman–Crippen LogP) is 7.51. The summed E-state index contributed by atoms with van der Waals surface area (Å²) in [5.41, 5.74) is 6.62. The van der Waals surface area contributed by atoms with E-state index in [1.807, 2.05) is 97.1 Å². The summed E-state index contributed by atoms with van der Waals surface area (Å²) in [4.78, 5) is 17.0. The summed E-state index contributed by atoms with van der Waals surface area (Å²) in [5, 5.41) is 13.5. The van der Waals surface area contributed by atoms with E-state index in [1.54, 1.807) is 18.0 Å². The van der Waals surface area contributed by atoms with Crippen LogP contribution in [0.15, 0.2) is 133 Å². The van der Waals surface area contributed by atoms with Gasteiger partial charge in [-0.25, -0.2) is 4.98 Å². The van der Waals surface area contributed by atoms with Gasteiger partial charge in [0.05, 0.1) is 23.8 Å². The van der Waals surface area contributed by atoms with Crippen LogP contribution in [0.3, 0.4) is 0 Å². The van der Waals surface area contributed by atoms with Crippen molar-refractivity contribution in [2.24, 2.45) is 0 Å². The molecule has 1 amide bonds. The number of hydrogen-bond donors (Lipinski definition) is 2. The van der Waals surface area contributed by atoms with Gasteiger partial charge in [-0.15, -0.1) is 11.8 Å². The van der Waals surface area contributed by atoms with Crippen molar-refractivity contribution in [1.29, 1.82) is 0 Å². The van der Waals surface area contributed by atoms with Crippen LogP contribution in [0.25, 0.3) is 11.1 Å². The van der Waals surface area contributed by atoms with E-state index in [0.29, 0.717) is 18.5 Å². The summed E-state index contributed by atoms with van der Waals surface area (Å²) in [6.07, 6.45) is 1.76. The number of aromatic nitrogens is 1. The molecule has 0 bridgehead atoms. The van der Waals surface area contributed by atoms with Crippen molar-refractivity contribution >= 4 is 17.7 Å². The monoisotopic (exact) mass is 602 g/mol. The lowest BCUT2D eigenvalue weighted by molar-refractivity contribution is -0.245. The van der Waals surface area contributed by atoms with Crippen LogP contribution in [0.2, 0.25) is 0 Å². The van der Waals surface area contributed by atoms with Gasteiger partial charge in [-0.3, -0.25) is 4.79 Å². The van der Waals surface area contributed by atoms with E-state index in [-0.39, 0.29) is 24.7 Å². The van der Waals surface area contributed by atoms with Crippen molar-refractivity contribution in [2.75, 3.05) is 5.75 Å². The maximum absolute atomic E-state index is 12.6. The Morgan fingerprint density at radius 3 is 2.34 bits per heavy atom. The Labute approximate surface area is 262 Å². The first-order valence-corrected chi connectivity index (χ1v) is 15.7. The van der Waals surface area contributed by atoms with E-state index in [0.717, 1.165) is 44.2 Å². The van der Waals surface area contributed by atoms with Gasteiger partial charge in [-0.05, 0) is 64.2 Å². The van der Waals surface area contributed by atoms with Crippen LogP contribution in [0.1, 0.15) is 51.4 Å². The quantitative estimate of drug-likeness (QED) is 0.161. The van der Waals surface area contributed by atoms with E-state index in [9.17, 15) is 9.90 Å². The lowest BCUT2D eigenvalue weighted by atomic mass is 9.99. The van der Waals surface area contributed by atoms with Gasteiger partial charge >= 0.3 is 0 Å². The molecule has 1 fully saturated rings. The maximum atomic E-state index is 12.6. The van der Waals surface area contributed by atoms with E-state index in [4.69, 9.17) is 9.47 Å². The molecule has 44 heavy (non-hydrogen) atoms. The molecule has 7 heteroatoms. The zero-order valence-corrected chi connectivity index (χ0v) is 25.0. The van der Waals surface area contributed by atoms with Gasteiger partial charge in [0.2, 0.25) is 0 Å². The molecule has 0 spiro atoms. The van der Waals surface area contributed by atoms with Crippen LogP contribution in [0.5, 0.6) is 0 Å². The molecule has 222 valence electrons.